The molecule has 2 nitrogen and oxygen atoms in total. The molecule has 0 saturated heterocycles. The van der Waals surface area contributed by atoms with Crippen LogP contribution in [0.3, 0.4) is 0 Å². The van der Waals surface area contributed by atoms with Gasteiger partial charge < -0.3 is 9.32 Å². The summed E-state index contributed by atoms with van der Waals surface area (Å²) in [4.78, 5) is 2.49. The molecule has 0 N–H and O–H groups in total. The van der Waals surface area contributed by atoms with Gasteiger partial charge in [0.05, 0.1) is 16.8 Å². The zero-order chi connectivity index (χ0) is 40.3. The van der Waals surface area contributed by atoms with Gasteiger partial charge in [-0.25, -0.2) is 0 Å². The normalized spacial score (nSPS) is 12.7. The monoisotopic (exact) mass is 777 g/mol. The highest BCUT2D eigenvalue weighted by Crippen LogP contribution is 2.60. The van der Waals surface area contributed by atoms with E-state index in [9.17, 15) is 0 Å². The summed E-state index contributed by atoms with van der Waals surface area (Å²) in [5.74, 6) is 0. The van der Waals surface area contributed by atoms with Crippen molar-refractivity contribution in [1.82, 2.24) is 0 Å². The molecule has 0 spiro atoms. The maximum Gasteiger partial charge on any atom is 0.143 e. The molecule has 0 amide bonds. The molecular weight excluding hydrogens is 739 g/mol. The van der Waals surface area contributed by atoms with E-state index in [1.54, 1.807) is 0 Å². The standard InChI is InChI=1S/C59H39NO/c1-3-21-44(22-4-1)59(45-23-5-2-6-24-45)52-31-12-9-28-51(52)57-53(59)32-17-34-55(57)60(46-25-15-20-42(39-46)43-37-36-40-18-7-8-19-41(40)38-43)54-33-13-10-26-47(54)49-29-16-30-50-48-27-11-14-35-56(48)61-58(49)50/h1-39H. The minimum absolute atomic E-state index is 0.539. The molecule has 286 valence electrons. The Bertz CT molecular complexity index is 3400. The first-order valence-electron chi connectivity index (χ1n) is 21.0. The number of hydrogen-bond donors (Lipinski definition) is 0. The Hall–Kier alpha value is -7.94. The SMILES string of the molecule is c1ccc(C2(c3ccccc3)c3ccccc3-c3c(N(c4cccc(-c5ccc6ccccc6c5)c4)c4ccccc4-c4cccc5c4oc4ccccc45)cccc32)cc1. The van der Waals surface area contributed by atoms with Crippen molar-refractivity contribution < 1.29 is 4.42 Å². The van der Waals surface area contributed by atoms with Crippen LogP contribution in [0.2, 0.25) is 0 Å². The maximum absolute atomic E-state index is 6.72. The van der Waals surface area contributed by atoms with Gasteiger partial charge in [0.2, 0.25) is 0 Å². The van der Waals surface area contributed by atoms with Gasteiger partial charge in [0.25, 0.3) is 0 Å². The molecule has 12 rings (SSSR count). The molecule has 0 radical (unpaired) electrons. The van der Waals surface area contributed by atoms with Crippen LogP contribution in [0.15, 0.2) is 241 Å². The molecule has 10 aromatic carbocycles. The van der Waals surface area contributed by atoms with Crippen molar-refractivity contribution in [2.45, 2.75) is 5.41 Å². The second kappa shape index (κ2) is 14.1. The molecule has 1 aromatic heterocycles. The largest absolute Gasteiger partial charge is 0.455 e. The van der Waals surface area contributed by atoms with Gasteiger partial charge in [0.1, 0.15) is 11.2 Å². The van der Waals surface area contributed by atoms with Crippen molar-refractivity contribution in [1.29, 1.82) is 0 Å². The molecule has 0 unspecified atom stereocenters. The molecule has 0 fully saturated rings. The van der Waals surface area contributed by atoms with Gasteiger partial charge in [0.15, 0.2) is 0 Å². The van der Waals surface area contributed by atoms with Crippen molar-refractivity contribution in [2.24, 2.45) is 0 Å². The number of nitrogens with zero attached hydrogens (tertiary/aromatic N) is 1. The third-order valence-corrected chi connectivity index (χ3v) is 12.7. The summed E-state index contributed by atoms with van der Waals surface area (Å²) >= 11 is 0. The number of benzene rings is 10. The third-order valence-electron chi connectivity index (χ3n) is 12.7. The van der Waals surface area contributed by atoms with Gasteiger partial charge in [-0.3, -0.25) is 0 Å². The number of fused-ring (bicyclic) bond motifs is 7. The van der Waals surface area contributed by atoms with Gasteiger partial charge in [0, 0.05) is 33.2 Å². The van der Waals surface area contributed by atoms with Crippen LogP contribution in [0.1, 0.15) is 22.3 Å². The van der Waals surface area contributed by atoms with Gasteiger partial charge >= 0.3 is 0 Å². The highest BCUT2D eigenvalue weighted by atomic mass is 16.3. The number of para-hydroxylation sites is 3. The van der Waals surface area contributed by atoms with Crippen LogP contribution in [0.4, 0.5) is 17.1 Å². The van der Waals surface area contributed by atoms with E-state index in [0.29, 0.717) is 0 Å². The van der Waals surface area contributed by atoms with E-state index < -0.39 is 5.41 Å². The van der Waals surface area contributed by atoms with E-state index in [4.69, 9.17) is 4.42 Å². The smallest absolute Gasteiger partial charge is 0.143 e. The Morgan fingerprint density at radius 1 is 0.361 bits per heavy atom. The first-order chi connectivity index (χ1) is 30.3. The average Bonchev–Trinajstić information content (AvgIpc) is 3.87. The predicted octanol–water partition coefficient (Wildman–Crippen LogP) is 15.9. The van der Waals surface area contributed by atoms with Crippen molar-refractivity contribution in [2.75, 3.05) is 4.90 Å². The van der Waals surface area contributed by atoms with Gasteiger partial charge in [-0.15, -0.1) is 0 Å². The first kappa shape index (κ1) is 35.0. The summed E-state index contributed by atoms with van der Waals surface area (Å²) in [6.45, 7) is 0. The quantitative estimate of drug-likeness (QED) is 0.160. The number of anilines is 3. The van der Waals surface area contributed by atoms with E-state index in [2.05, 4.69) is 235 Å². The van der Waals surface area contributed by atoms with E-state index in [-0.39, 0.29) is 0 Å². The summed E-state index contributed by atoms with van der Waals surface area (Å²) in [6, 6.07) is 86.1. The maximum atomic E-state index is 6.72. The molecule has 1 aliphatic rings. The Morgan fingerprint density at radius 2 is 0.951 bits per heavy atom. The number of rotatable bonds is 7. The van der Waals surface area contributed by atoms with Crippen LogP contribution in [0.5, 0.6) is 0 Å². The van der Waals surface area contributed by atoms with E-state index in [1.165, 1.54) is 49.7 Å². The summed E-state index contributed by atoms with van der Waals surface area (Å²) in [6.07, 6.45) is 0. The molecule has 11 aromatic rings. The lowest BCUT2D eigenvalue weighted by molar-refractivity contribution is 0.670. The Balaban J connectivity index is 1.16. The van der Waals surface area contributed by atoms with Gasteiger partial charge in [-0.05, 0) is 86.1 Å². The zero-order valence-corrected chi connectivity index (χ0v) is 33.4. The molecule has 0 aliphatic heterocycles. The average molecular weight is 778 g/mol. The summed E-state index contributed by atoms with van der Waals surface area (Å²) in [5.41, 5.74) is 16.4. The fourth-order valence-corrected chi connectivity index (χ4v) is 10.1. The van der Waals surface area contributed by atoms with Crippen molar-refractivity contribution >= 4 is 49.8 Å². The Kier molecular flexibility index (Phi) is 8.11. The van der Waals surface area contributed by atoms with Crippen LogP contribution in [-0.2, 0) is 5.41 Å². The first-order valence-corrected chi connectivity index (χ1v) is 21.0. The Morgan fingerprint density at radius 3 is 1.79 bits per heavy atom. The molecule has 1 aliphatic carbocycles. The number of furan rings is 1. The fraction of sp³-hybridized carbons (Fsp3) is 0.0169. The van der Waals surface area contributed by atoms with Crippen LogP contribution < -0.4 is 4.90 Å². The summed E-state index contributed by atoms with van der Waals surface area (Å²) < 4.78 is 6.72. The third kappa shape index (κ3) is 5.43. The van der Waals surface area contributed by atoms with Crippen LogP contribution in [0, 0.1) is 0 Å². The van der Waals surface area contributed by atoms with Gasteiger partial charge in [-0.2, -0.15) is 0 Å². The molecule has 0 bridgehead atoms. The molecule has 1 heterocycles. The Labute approximate surface area is 355 Å². The predicted molar refractivity (Wildman–Crippen MR) is 254 cm³/mol. The van der Waals surface area contributed by atoms with E-state index in [0.717, 1.165) is 55.7 Å². The lowest BCUT2D eigenvalue weighted by Gasteiger charge is -2.34. The fourth-order valence-electron chi connectivity index (χ4n) is 10.1. The second-order valence-corrected chi connectivity index (χ2v) is 16.0. The highest BCUT2D eigenvalue weighted by Gasteiger charge is 2.47. The van der Waals surface area contributed by atoms with Crippen LogP contribution in [0.25, 0.3) is 66.1 Å². The minimum atomic E-state index is -0.539. The van der Waals surface area contributed by atoms with Gasteiger partial charge in [-0.1, -0.05) is 200 Å². The molecule has 0 atom stereocenters. The molecule has 0 saturated carbocycles. The van der Waals surface area contributed by atoms with Crippen molar-refractivity contribution in [3.8, 4) is 33.4 Å². The summed E-state index contributed by atoms with van der Waals surface area (Å²) in [5, 5.41) is 4.68. The zero-order valence-electron chi connectivity index (χ0n) is 33.4. The van der Waals surface area contributed by atoms with Crippen LogP contribution >= 0.6 is 0 Å². The summed E-state index contributed by atoms with van der Waals surface area (Å²) in [7, 11) is 0. The van der Waals surface area contributed by atoms with Crippen LogP contribution in [-0.4, -0.2) is 0 Å². The van der Waals surface area contributed by atoms with Crippen molar-refractivity contribution in [3.63, 3.8) is 0 Å². The second-order valence-electron chi connectivity index (χ2n) is 16.0. The highest BCUT2D eigenvalue weighted by molar-refractivity contribution is 6.11. The van der Waals surface area contributed by atoms with E-state index in [1.807, 2.05) is 6.07 Å². The topological polar surface area (TPSA) is 16.4 Å². The lowest BCUT2D eigenvalue weighted by Crippen LogP contribution is -2.28. The molecule has 61 heavy (non-hydrogen) atoms. The van der Waals surface area contributed by atoms with Crippen molar-refractivity contribution in [3.05, 3.63) is 259 Å². The molecular formula is C59H39NO. The number of hydrogen-bond acceptors (Lipinski definition) is 2. The minimum Gasteiger partial charge on any atom is -0.455 e. The lowest BCUT2D eigenvalue weighted by atomic mass is 9.68. The molecule has 2 heteroatoms. The van der Waals surface area contributed by atoms with E-state index >= 15 is 0 Å².